The lowest BCUT2D eigenvalue weighted by Crippen LogP contribution is -2.68. The molecule has 1 unspecified atom stereocenters. The van der Waals surface area contributed by atoms with Crippen molar-refractivity contribution >= 4 is 0 Å². The zero-order valence-corrected chi connectivity index (χ0v) is 12.1. The smallest absolute Gasteiger partial charge is 0.201 e. The number of hydrogen-bond donors (Lipinski definition) is 0. The standard InChI is InChI=1S/C15H24O4/c1-9-4-5-11-10(2)8-16-13-15(11)12(9)6-7-14(3,17-13)18-19-15/h9-13H,4-8H2,1-3H3/t9-,10+,11+,12?,13-,14-,15+/m1/s1. The predicted octanol–water partition coefficient (Wildman–Crippen LogP) is 2.87. The highest BCUT2D eigenvalue weighted by molar-refractivity contribution is 5.08. The van der Waals surface area contributed by atoms with Crippen LogP contribution in [0, 0.1) is 23.7 Å². The summed E-state index contributed by atoms with van der Waals surface area (Å²) >= 11 is 0. The van der Waals surface area contributed by atoms with Crippen molar-refractivity contribution in [3.8, 4) is 0 Å². The number of ether oxygens (including phenoxy) is 2. The Bertz CT molecular complexity index is 386. The van der Waals surface area contributed by atoms with Crippen LogP contribution in [0.3, 0.4) is 0 Å². The second-order valence-corrected chi connectivity index (χ2v) is 7.22. The molecule has 108 valence electrons. The Morgan fingerprint density at radius 3 is 2.58 bits per heavy atom. The molecule has 19 heavy (non-hydrogen) atoms. The molecule has 1 spiro atoms. The summed E-state index contributed by atoms with van der Waals surface area (Å²) in [6.45, 7) is 7.36. The van der Waals surface area contributed by atoms with Gasteiger partial charge in [-0.05, 0) is 43.9 Å². The average Bonchev–Trinajstić information content (AvgIpc) is 2.61. The van der Waals surface area contributed by atoms with Crippen molar-refractivity contribution in [1.82, 2.24) is 0 Å². The van der Waals surface area contributed by atoms with Gasteiger partial charge in [0.15, 0.2) is 11.9 Å². The number of rotatable bonds is 0. The van der Waals surface area contributed by atoms with Crippen molar-refractivity contribution in [2.75, 3.05) is 6.61 Å². The fourth-order valence-electron chi connectivity index (χ4n) is 4.88. The van der Waals surface area contributed by atoms with Crippen LogP contribution in [0.2, 0.25) is 0 Å². The van der Waals surface area contributed by atoms with Gasteiger partial charge in [-0.2, -0.15) is 0 Å². The maximum atomic E-state index is 6.16. The van der Waals surface area contributed by atoms with Crippen LogP contribution in [0.5, 0.6) is 0 Å². The molecule has 1 aliphatic carbocycles. The Hall–Kier alpha value is -0.160. The maximum absolute atomic E-state index is 6.16. The molecule has 0 N–H and O–H groups in total. The highest BCUT2D eigenvalue weighted by atomic mass is 17.3. The second-order valence-electron chi connectivity index (χ2n) is 7.22. The van der Waals surface area contributed by atoms with E-state index in [1.54, 1.807) is 0 Å². The molecule has 4 heteroatoms. The highest BCUT2D eigenvalue weighted by Gasteiger charge is 2.67. The lowest BCUT2D eigenvalue weighted by molar-refractivity contribution is -0.566. The Balaban J connectivity index is 1.81. The molecule has 0 aromatic heterocycles. The van der Waals surface area contributed by atoms with Gasteiger partial charge in [-0.1, -0.05) is 13.8 Å². The largest absolute Gasteiger partial charge is 0.349 e. The molecule has 5 rings (SSSR count). The van der Waals surface area contributed by atoms with Crippen molar-refractivity contribution < 1.29 is 19.2 Å². The first kappa shape index (κ1) is 12.6. The molecule has 0 aromatic rings. The van der Waals surface area contributed by atoms with Crippen molar-refractivity contribution in [2.45, 2.75) is 64.1 Å². The van der Waals surface area contributed by atoms with Crippen LogP contribution in [0.1, 0.15) is 46.5 Å². The van der Waals surface area contributed by atoms with E-state index in [0.29, 0.717) is 23.7 Å². The summed E-state index contributed by atoms with van der Waals surface area (Å²) in [4.78, 5) is 11.7. The number of fused-ring (bicyclic) bond motifs is 2. The Morgan fingerprint density at radius 2 is 1.74 bits per heavy atom. The Morgan fingerprint density at radius 1 is 0.947 bits per heavy atom. The maximum Gasteiger partial charge on any atom is 0.201 e. The van der Waals surface area contributed by atoms with Crippen LogP contribution < -0.4 is 0 Å². The molecular weight excluding hydrogens is 244 g/mol. The minimum atomic E-state index is -0.627. The Kier molecular flexibility index (Phi) is 2.61. The number of hydrogen-bond acceptors (Lipinski definition) is 4. The normalized spacial score (nSPS) is 60.5. The average molecular weight is 268 g/mol. The fraction of sp³-hybridized carbons (Fsp3) is 1.00. The van der Waals surface area contributed by atoms with E-state index in [9.17, 15) is 0 Å². The lowest BCUT2D eigenvalue weighted by Gasteiger charge is -2.58. The zero-order chi connectivity index (χ0) is 13.3. The van der Waals surface area contributed by atoms with E-state index in [-0.39, 0.29) is 11.9 Å². The SMILES string of the molecule is C[C@@H]1CC[C@H]2[C@@H](C)CO[C@@H]3O[C@@]4(C)CCC1[C@]32OO4. The lowest BCUT2D eigenvalue weighted by atomic mass is 9.58. The monoisotopic (exact) mass is 268 g/mol. The summed E-state index contributed by atoms with van der Waals surface area (Å²) in [5.41, 5.74) is -0.370. The summed E-state index contributed by atoms with van der Waals surface area (Å²) in [6.07, 6.45) is 4.24. The first-order valence-corrected chi connectivity index (χ1v) is 7.71. The Labute approximate surface area is 114 Å². The molecule has 4 nitrogen and oxygen atoms in total. The fourth-order valence-corrected chi connectivity index (χ4v) is 4.88. The molecule has 5 fully saturated rings. The van der Waals surface area contributed by atoms with Gasteiger partial charge < -0.3 is 9.47 Å². The zero-order valence-electron chi connectivity index (χ0n) is 12.1. The van der Waals surface area contributed by atoms with Crippen molar-refractivity contribution in [3.05, 3.63) is 0 Å². The second kappa shape index (κ2) is 3.94. The molecule has 0 aromatic carbocycles. The van der Waals surface area contributed by atoms with Crippen molar-refractivity contribution in [2.24, 2.45) is 23.7 Å². The van der Waals surface area contributed by atoms with Gasteiger partial charge in [0.1, 0.15) is 0 Å². The van der Waals surface area contributed by atoms with Gasteiger partial charge in [-0.3, -0.25) is 0 Å². The van der Waals surface area contributed by atoms with Gasteiger partial charge in [-0.25, -0.2) is 9.78 Å². The van der Waals surface area contributed by atoms with Crippen LogP contribution in [-0.2, 0) is 19.2 Å². The molecule has 1 saturated carbocycles. The van der Waals surface area contributed by atoms with E-state index < -0.39 is 5.79 Å². The first-order valence-electron chi connectivity index (χ1n) is 7.71. The summed E-state index contributed by atoms with van der Waals surface area (Å²) in [5, 5.41) is 0. The quantitative estimate of drug-likeness (QED) is 0.633. The van der Waals surface area contributed by atoms with Crippen LogP contribution in [0.25, 0.3) is 0 Å². The molecule has 4 aliphatic heterocycles. The molecule has 7 atom stereocenters. The highest BCUT2D eigenvalue weighted by Crippen LogP contribution is 2.59. The minimum absolute atomic E-state index is 0.248. The molecule has 0 amide bonds. The van der Waals surface area contributed by atoms with Crippen LogP contribution in [0.4, 0.5) is 0 Å². The van der Waals surface area contributed by atoms with Gasteiger partial charge in [0.25, 0.3) is 0 Å². The third kappa shape index (κ3) is 1.54. The van der Waals surface area contributed by atoms with E-state index in [1.165, 1.54) is 12.8 Å². The van der Waals surface area contributed by atoms with Crippen LogP contribution in [0.15, 0.2) is 0 Å². The first-order chi connectivity index (χ1) is 9.05. The van der Waals surface area contributed by atoms with Gasteiger partial charge in [0, 0.05) is 12.3 Å². The summed E-state index contributed by atoms with van der Waals surface area (Å²) in [7, 11) is 0. The summed E-state index contributed by atoms with van der Waals surface area (Å²) < 4.78 is 12.2. The predicted molar refractivity (Wildman–Crippen MR) is 67.9 cm³/mol. The van der Waals surface area contributed by atoms with E-state index in [0.717, 1.165) is 19.4 Å². The van der Waals surface area contributed by atoms with Gasteiger partial charge in [-0.15, -0.1) is 0 Å². The summed E-state index contributed by atoms with van der Waals surface area (Å²) in [6, 6.07) is 0. The van der Waals surface area contributed by atoms with Gasteiger partial charge in [0.05, 0.1) is 6.61 Å². The molecule has 2 bridgehead atoms. The molecule has 0 radical (unpaired) electrons. The molecule has 5 aliphatic rings. The molecular formula is C15H24O4. The third-order valence-corrected chi connectivity index (χ3v) is 5.97. The van der Waals surface area contributed by atoms with Crippen molar-refractivity contribution in [3.63, 3.8) is 0 Å². The van der Waals surface area contributed by atoms with Gasteiger partial charge >= 0.3 is 0 Å². The van der Waals surface area contributed by atoms with E-state index in [4.69, 9.17) is 19.2 Å². The topological polar surface area (TPSA) is 36.9 Å². The van der Waals surface area contributed by atoms with E-state index in [1.807, 2.05) is 6.92 Å². The minimum Gasteiger partial charge on any atom is -0.349 e. The third-order valence-electron chi connectivity index (χ3n) is 5.97. The van der Waals surface area contributed by atoms with E-state index >= 15 is 0 Å². The summed E-state index contributed by atoms with van der Waals surface area (Å²) in [5.74, 6) is 1.53. The van der Waals surface area contributed by atoms with Crippen LogP contribution >= 0.6 is 0 Å². The molecule has 4 saturated heterocycles. The van der Waals surface area contributed by atoms with Crippen LogP contribution in [-0.4, -0.2) is 24.3 Å². The van der Waals surface area contributed by atoms with Gasteiger partial charge in [0.2, 0.25) is 5.79 Å². The molecule has 4 heterocycles. The van der Waals surface area contributed by atoms with Crippen molar-refractivity contribution in [1.29, 1.82) is 0 Å². The van der Waals surface area contributed by atoms with E-state index in [2.05, 4.69) is 13.8 Å².